The summed E-state index contributed by atoms with van der Waals surface area (Å²) >= 11 is 0. The Morgan fingerprint density at radius 1 is 0.905 bits per heavy atom. The number of aromatic nitrogens is 1. The number of alkyl halides is 3. The maximum atomic E-state index is 14.1. The van der Waals surface area contributed by atoms with Gasteiger partial charge in [-0.05, 0) is 43.7 Å². The minimum absolute atomic E-state index is 0.0993. The second-order valence-corrected chi connectivity index (χ2v) is 10.9. The van der Waals surface area contributed by atoms with E-state index in [0.717, 1.165) is 41.2 Å². The zero-order valence-corrected chi connectivity index (χ0v) is 22.7. The standard InChI is InChI=1S/C31H28F6N4O/c1-18-8-30(25-4-2-3-5-29(25)38-18)39-21-10-20(31(35,36)37)11-24(12-21)42-7-6-40-16-23-13-22(40)17-41(23)15-19-9-27(33)28(34)14-26(19)32/h2-5,8-12,14,22-23H,6-7,13,15-17H2,1H3,(H,38,39)/t22-,23-/m0/s1. The Morgan fingerprint density at radius 2 is 1.64 bits per heavy atom. The lowest BCUT2D eigenvalue weighted by atomic mass is 10.1. The van der Waals surface area contributed by atoms with Crippen LogP contribution in [0.25, 0.3) is 10.9 Å². The van der Waals surface area contributed by atoms with E-state index in [1.807, 2.05) is 36.1 Å². The number of halogens is 6. The third-order valence-electron chi connectivity index (χ3n) is 7.93. The quantitative estimate of drug-likeness (QED) is 0.177. The van der Waals surface area contributed by atoms with E-state index in [4.69, 9.17) is 4.74 Å². The number of fused-ring (bicyclic) bond motifs is 3. The number of benzene rings is 3. The molecule has 220 valence electrons. The summed E-state index contributed by atoms with van der Waals surface area (Å²) in [7, 11) is 0. The van der Waals surface area contributed by atoms with Crippen molar-refractivity contribution < 1.29 is 31.1 Å². The summed E-state index contributed by atoms with van der Waals surface area (Å²) in [4.78, 5) is 8.73. The van der Waals surface area contributed by atoms with Gasteiger partial charge < -0.3 is 10.1 Å². The molecule has 2 aliphatic rings. The molecule has 2 saturated heterocycles. The molecule has 2 bridgehead atoms. The van der Waals surface area contributed by atoms with Gasteiger partial charge in [-0.15, -0.1) is 0 Å². The molecular weight excluding hydrogens is 558 g/mol. The number of nitrogens with one attached hydrogen (secondary N) is 1. The van der Waals surface area contributed by atoms with Gasteiger partial charge >= 0.3 is 6.18 Å². The maximum absolute atomic E-state index is 14.1. The van der Waals surface area contributed by atoms with E-state index in [1.165, 1.54) is 0 Å². The minimum atomic E-state index is -4.56. The van der Waals surface area contributed by atoms with Gasteiger partial charge in [0.1, 0.15) is 18.2 Å². The highest BCUT2D eigenvalue weighted by Crippen LogP contribution is 2.37. The number of para-hydroxylation sites is 1. The minimum Gasteiger partial charge on any atom is -0.492 e. The number of nitrogens with zero attached hydrogens (tertiary/aromatic N) is 3. The Bertz CT molecular complexity index is 1630. The van der Waals surface area contributed by atoms with Crippen molar-refractivity contribution in [1.29, 1.82) is 0 Å². The van der Waals surface area contributed by atoms with Crippen molar-refractivity contribution in [2.75, 3.05) is 31.6 Å². The van der Waals surface area contributed by atoms with Gasteiger partial charge in [-0.25, -0.2) is 13.2 Å². The summed E-state index contributed by atoms with van der Waals surface area (Å²) in [6.45, 7) is 3.98. The molecule has 1 N–H and O–H groups in total. The summed E-state index contributed by atoms with van der Waals surface area (Å²) in [6, 6.07) is 14.5. The number of aryl methyl sites for hydroxylation is 1. The largest absolute Gasteiger partial charge is 0.492 e. The normalized spacial score (nSPS) is 19.1. The molecule has 4 aromatic rings. The Kier molecular flexibility index (Phi) is 7.48. The van der Waals surface area contributed by atoms with Crippen LogP contribution in [0.5, 0.6) is 5.75 Å². The highest BCUT2D eigenvalue weighted by atomic mass is 19.4. The lowest BCUT2D eigenvalue weighted by Crippen LogP contribution is -2.47. The van der Waals surface area contributed by atoms with Crippen molar-refractivity contribution in [1.82, 2.24) is 14.8 Å². The number of hydrogen-bond donors (Lipinski definition) is 1. The number of rotatable bonds is 8. The van der Waals surface area contributed by atoms with Gasteiger partial charge in [0.05, 0.1) is 11.1 Å². The van der Waals surface area contributed by atoms with Crippen molar-refractivity contribution in [3.8, 4) is 5.75 Å². The molecule has 0 spiro atoms. The fraction of sp³-hybridized carbons (Fsp3) is 0.323. The first-order valence-corrected chi connectivity index (χ1v) is 13.6. The molecule has 3 heterocycles. The van der Waals surface area contributed by atoms with Crippen molar-refractivity contribution in [3.63, 3.8) is 0 Å². The van der Waals surface area contributed by atoms with Gasteiger partial charge in [-0.2, -0.15) is 13.2 Å². The maximum Gasteiger partial charge on any atom is 0.416 e. The van der Waals surface area contributed by atoms with Crippen LogP contribution in [0.4, 0.5) is 37.7 Å². The second kappa shape index (κ2) is 11.1. The third-order valence-corrected chi connectivity index (χ3v) is 7.93. The van der Waals surface area contributed by atoms with Crippen LogP contribution in [-0.4, -0.2) is 53.1 Å². The van der Waals surface area contributed by atoms with Crippen molar-refractivity contribution in [3.05, 3.63) is 94.9 Å². The predicted octanol–water partition coefficient (Wildman–Crippen LogP) is 7.06. The van der Waals surface area contributed by atoms with Gasteiger partial charge in [0.25, 0.3) is 0 Å². The molecule has 0 radical (unpaired) electrons. The molecule has 0 aliphatic carbocycles. The molecule has 2 fully saturated rings. The average Bonchev–Trinajstić information content (AvgIpc) is 3.51. The monoisotopic (exact) mass is 586 g/mol. The van der Waals surface area contributed by atoms with Gasteiger partial charge in [0.2, 0.25) is 0 Å². The van der Waals surface area contributed by atoms with E-state index in [0.29, 0.717) is 31.4 Å². The highest BCUT2D eigenvalue weighted by molar-refractivity contribution is 5.93. The number of piperazine rings is 1. The van der Waals surface area contributed by atoms with Crippen LogP contribution in [0.2, 0.25) is 0 Å². The molecule has 11 heteroatoms. The van der Waals surface area contributed by atoms with Gasteiger partial charge in [-0.1, -0.05) is 18.2 Å². The lowest BCUT2D eigenvalue weighted by molar-refractivity contribution is -0.137. The molecular formula is C31H28F6N4O. The van der Waals surface area contributed by atoms with Crippen LogP contribution >= 0.6 is 0 Å². The summed E-state index contributed by atoms with van der Waals surface area (Å²) in [6.07, 6.45) is -3.72. The van der Waals surface area contributed by atoms with Gasteiger partial charge in [0.15, 0.2) is 11.6 Å². The first-order chi connectivity index (χ1) is 20.0. The lowest BCUT2D eigenvalue weighted by Gasteiger charge is -2.34. The highest BCUT2D eigenvalue weighted by Gasteiger charge is 2.43. The Hall–Kier alpha value is -3.83. The number of pyridine rings is 1. The average molecular weight is 587 g/mol. The van der Waals surface area contributed by atoms with E-state index in [-0.39, 0.29) is 42.2 Å². The van der Waals surface area contributed by atoms with E-state index in [9.17, 15) is 26.3 Å². The summed E-state index contributed by atoms with van der Waals surface area (Å²) < 4.78 is 88.1. The molecule has 42 heavy (non-hydrogen) atoms. The fourth-order valence-electron chi connectivity index (χ4n) is 5.97. The van der Waals surface area contributed by atoms with E-state index < -0.39 is 29.2 Å². The molecule has 5 nitrogen and oxygen atoms in total. The molecule has 0 amide bonds. The van der Waals surface area contributed by atoms with Crippen LogP contribution in [0.3, 0.4) is 0 Å². The molecule has 3 aromatic carbocycles. The van der Waals surface area contributed by atoms with Gasteiger partial charge in [0, 0.05) is 78.4 Å². The zero-order chi connectivity index (χ0) is 29.6. The van der Waals surface area contributed by atoms with Crippen LogP contribution in [0, 0.1) is 24.4 Å². The number of anilines is 2. The molecule has 2 aliphatic heterocycles. The molecule has 0 saturated carbocycles. The number of likely N-dealkylation sites (tertiary alicyclic amines) is 2. The molecule has 6 rings (SSSR count). The van der Waals surface area contributed by atoms with E-state index in [2.05, 4.69) is 15.2 Å². The summed E-state index contributed by atoms with van der Waals surface area (Å²) in [5.41, 5.74) is 1.64. The zero-order valence-electron chi connectivity index (χ0n) is 22.7. The van der Waals surface area contributed by atoms with Crippen LogP contribution < -0.4 is 10.1 Å². The van der Waals surface area contributed by atoms with E-state index in [1.54, 1.807) is 12.1 Å². The van der Waals surface area contributed by atoms with Crippen LogP contribution in [-0.2, 0) is 12.7 Å². The number of ether oxygens (including phenoxy) is 1. The first kappa shape index (κ1) is 28.3. The van der Waals surface area contributed by atoms with Crippen molar-refractivity contribution in [2.24, 2.45) is 0 Å². The number of hydrogen-bond acceptors (Lipinski definition) is 5. The Morgan fingerprint density at radius 3 is 2.40 bits per heavy atom. The second-order valence-electron chi connectivity index (χ2n) is 10.9. The topological polar surface area (TPSA) is 40.6 Å². The Balaban J connectivity index is 1.10. The fourth-order valence-corrected chi connectivity index (χ4v) is 5.97. The smallest absolute Gasteiger partial charge is 0.416 e. The first-order valence-electron chi connectivity index (χ1n) is 13.6. The van der Waals surface area contributed by atoms with Crippen LogP contribution in [0.15, 0.2) is 60.7 Å². The van der Waals surface area contributed by atoms with Crippen molar-refractivity contribution >= 4 is 22.3 Å². The molecule has 1 aromatic heterocycles. The Labute approximate surface area is 238 Å². The summed E-state index contributed by atoms with van der Waals surface area (Å²) in [5.74, 6) is -2.96. The van der Waals surface area contributed by atoms with Crippen LogP contribution in [0.1, 0.15) is 23.2 Å². The SMILES string of the molecule is Cc1cc(Nc2cc(OCCN3C[C@@H]4C[C@H]3CN4Cc3cc(F)c(F)cc3F)cc(C(F)(F)F)c2)c2ccccc2n1. The third kappa shape index (κ3) is 5.89. The summed E-state index contributed by atoms with van der Waals surface area (Å²) in [5, 5.41) is 3.91. The van der Waals surface area contributed by atoms with Crippen molar-refractivity contribution in [2.45, 2.75) is 38.1 Å². The van der Waals surface area contributed by atoms with Gasteiger partial charge in [-0.3, -0.25) is 14.8 Å². The molecule has 0 unspecified atom stereocenters. The molecule has 2 atom stereocenters. The van der Waals surface area contributed by atoms with E-state index >= 15 is 0 Å². The predicted molar refractivity (Wildman–Crippen MR) is 147 cm³/mol.